The van der Waals surface area contributed by atoms with E-state index in [9.17, 15) is 17.6 Å². The fourth-order valence-corrected chi connectivity index (χ4v) is 2.98. The fourth-order valence-electron chi connectivity index (χ4n) is 2.20. The van der Waals surface area contributed by atoms with Crippen molar-refractivity contribution in [2.24, 2.45) is 5.73 Å². The van der Waals surface area contributed by atoms with Crippen LogP contribution in [0.2, 0.25) is 0 Å². The lowest BCUT2D eigenvalue weighted by molar-refractivity contribution is -0.100. The second kappa shape index (κ2) is 8.34. The van der Waals surface area contributed by atoms with Crippen LogP contribution in [-0.4, -0.2) is 12.8 Å². The topological polar surface area (TPSA) is 47.3 Å². The standard InChI is InChI=1S/C16H18F4N2OS/c17-12-10-11(6-7-13(12)22-16(18,19)20)23-14(4-1-2-8-21)15-5-3-9-24-15/h3,5-7,9-10,14,22H,1-2,4,8,21H2. The van der Waals surface area contributed by atoms with E-state index in [4.69, 9.17) is 10.5 Å². The van der Waals surface area contributed by atoms with Crippen LogP contribution in [0.1, 0.15) is 30.2 Å². The molecule has 2 rings (SSSR count). The first-order valence-corrected chi connectivity index (χ1v) is 8.31. The summed E-state index contributed by atoms with van der Waals surface area (Å²) in [5, 5.41) is 3.07. The zero-order valence-electron chi connectivity index (χ0n) is 12.8. The van der Waals surface area contributed by atoms with E-state index in [0.717, 1.165) is 35.2 Å². The maximum atomic E-state index is 13.8. The van der Waals surface area contributed by atoms with Crippen LogP contribution < -0.4 is 15.8 Å². The number of ether oxygens (including phenoxy) is 1. The van der Waals surface area contributed by atoms with Crippen molar-refractivity contribution in [3.63, 3.8) is 0 Å². The predicted molar refractivity (Wildman–Crippen MR) is 86.7 cm³/mol. The number of thiophene rings is 1. The molecule has 2 aromatic rings. The average Bonchev–Trinajstić information content (AvgIpc) is 3.02. The summed E-state index contributed by atoms with van der Waals surface area (Å²) in [5.41, 5.74) is 4.85. The molecule has 3 nitrogen and oxygen atoms in total. The first-order valence-electron chi connectivity index (χ1n) is 7.43. The minimum Gasteiger partial charge on any atom is -0.485 e. The van der Waals surface area contributed by atoms with Gasteiger partial charge in [-0.1, -0.05) is 6.07 Å². The van der Waals surface area contributed by atoms with Gasteiger partial charge in [-0.2, -0.15) is 13.2 Å². The summed E-state index contributed by atoms with van der Waals surface area (Å²) in [6.45, 7) is 0.573. The average molecular weight is 362 g/mol. The molecule has 0 aliphatic carbocycles. The van der Waals surface area contributed by atoms with Crippen molar-refractivity contribution < 1.29 is 22.3 Å². The molecule has 0 amide bonds. The van der Waals surface area contributed by atoms with Gasteiger partial charge in [0.25, 0.3) is 0 Å². The van der Waals surface area contributed by atoms with Crippen LogP contribution in [0.25, 0.3) is 0 Å². The minimum absolute atomic E-state index is 0.186. The van der Waals surface area contributed by atoms with E-state index < -0.39 is 17.8 Å². The van der Waals surface area contributed by atoms with Gasteiger partial charge in [-0.05, 0) is 49.4 Å². The Morgan fingerprint density at radius 1 is 1.21 bits per heavy atom. The Labute approximate surface area is 141 Å². The van der Waals surface area contributed by atoms with Gasteiger partial charge in [-0.25, -0.2) is 4.39 Å². The monoisotopic (exact) mass is 362 g/mol. The van der Waals surface area contributed by atoms with Gasteiger partial charge < -0.3 is 10.5 Å². The molecule has 1 aromatic carbocycles. The smallest absolute Gasteiger partial charge is 0.482 e. The number of nitrogens with one attached hydrogen (secondary N) is 1. The molecular weight excluding hydrogens is 344 g/mol. The highest BCUT2D eigenvalue weighted by molar-refractivity contribution is 7.10. The number of alkyl halides is 3. The summed E-state index contributed by atoms with van der Waals surface area (Å²) >= 11 is 1.51. The number of hydrogen-bond donors (Lipinski definition) is 2. The van der Waals surface area contributed by atoms with Gasteiger partial charge in [-0.15, -0.1) is 11.3 Å². The van der Waals surface area contributed by atoms with E-state index in [1.807, 2.05) is 17.5 Å². The second-order valence-electron chi connectivity index (χ2n) is 5.17. The van der Waals surface area contributed by atoms with Crippen LogP contribution in [-0.2, 0) is 0 Å². The molecule has 132 valence electrons. The summed E-state index contributed by atoms with van der Waals surface area (Å²) in [4.78, 5) is 0.977. The van der Waals surface area contributed by atoms with Gasteiger partial charge in [0.1, 0.15) is 17.7 Å². The van der Waals surface area contributed by atoms with E-state index in [2.05, 4.69) is 0 Å². The number of anilines is 1. The molecule has 1 atom stereocenters. The third-order valence-corrected chi connectivity index (χ3v) is 4.24. The highest BCUT2D eigenvalue weighted by Gasteiger charge is 2.28. The van der Waals surface area contributed by atoms with E-state index in [1.54, 1.807) is 0 Å². The number of unbranched alkanes of at least 4 members (excludes halogenated alkanes) is 1. The molecule has 1 heterocycles. The summed E-state index contributed by atoms with van der Waals surface area (Å²) in [5.74, 6) is -0.830. The Balaban J connectivity index is 2.09. The van der Waals surface area contributed by atoms with Crippen molar-refractivity contribution >= 4 is 17.0 Å². The van der Waals surface area contributed by atoms with Gasteiger partial charge >= 0.3 is 6.30 Å². The zero-order valence-corrected chi connectivity index (χ0v) is 13.6. The molecule has 0 saturated heterocycles. The van der Waals surface area contributed by atoms with E-state index in [1.165, 1.54) is 17.4 Å². The van der Waals surface area contributed by atoms with Crippen LogP contribution in [0.3, 0.4) is 0 Å². The molecule has 1 unspecified atom stereocenters. The predicted octanol–water partition coefficient (Wildman–Crippen LogP) is 5.07. The molecule has 3 N–H and O–H groups in total. The van der Waals surface area contributed by atoms with Gasteiger partial charge in [0.05, 0.1) is 5.69 Å². The van der Waals surface area contributed by atoms with Crippen molar-refractivity contribution in [1.29, 1.82) is 0 Å². The molecular formula is C16H18F4N2OS. The van der Waals surface area contributed by atoms with Gasteiger partial charge in [0, 0.05) is 10.9 Å². The zero-order chi connectivity index (χ0) is 17.6. The Kier molecular flexibility index (Phi) is 6.44. The lowest BCUT2D eigenvalue weighted by Crippen LogP contribution is -2.21. The molecule has 0 fully saturated rings. The number of rotatable bonds is 8. The molecule has 0 aliphatic rings. The van der Waals surface area contributed by atoms with Crippen molar-refractivity contribution in [2.45, 2.75) is 31.7 Å². The van der Waals surface area contributed by atoms with E-state index in [-0.39, 0.29) is 11.9 Å². The molecule has 0 spiro atoms. The van der Waals surface area contributed by atoms with Crippen molar-refractivity contribution in [3.05, 3.63) is 46.4 Å². The fraction of sp³-hybridized carbons (Fsp3) is 0.375. The lowest BCUT2D eigenvalue weighted by atomic mass is 10.1. The molecule has 0 radical (unpaired) electrons. The van der Waals surface area contributed by atoms with Gasteiger partial charge in [0.2, 0.25) is 0 Å². The number of nitrogens with two attached hydrogens (primary N) is 1. The Hall–Kier alpha value is -1.80. The van der Waals surface area contributed by atoms with Crippen molar-refractivity contribution in [3.8, 4) is 5.75 Å². The van der Waals surface area contributed by atoms with Crippen LogP contribution in [0.5, 0.6) is 5.75 Å². The number of benzene rings is 1. The summed E-state index contributed by atoms with van der Waals surface area (Å²) in [7, 11) is 0. The van der Waals surface area contributed by atoms with Crippen molar-refractivity contribution in [2.75, 3.05) is 11.9 Å². The summed E-state index contributed by atoms with van der Waals surface area (Å²) in [6, 6.07) is 7.09. The Bertz CT molecular complexity index is 632. The summed E-state index contributed by atoms with van der Waals surface area (Å²) in [6.07, 6.45) is -2.59. The number of hydrogen-bond acceptors (Lipinski definition) is 4. The van der Waals surface area contributed by atoms with E-state index >= 15 is 0 Å². The first-order chi connectivity index (χ1) is 11.4. The quantitative estimate of drug-likeness (QED) is 0.392. The van der Waals surface area contributed by atoms with Crippen LogP contribution in [0.4, 0.5) is 23.2 Å². The van der Waals surface area contributed by atoms with E-state index in [0.29, 0.717) is 13.0 Å². The molecule has 24 heavy (non-hydrogen) atoms. The maximum absolute atomic E-state index is 13.8. The largest absolute Gasteiger partial charge is 0.485 e. The maximum Gasteiger partial charge on any atom is 0.482 e. The molecule has 1 aromatic heterocycles. The summed E-state index contributed by atoms with van der Waals surface area (Å²) < 4.78 is 56.4. The number of halogens is 4. The highest BCUT2D eigenvalue weighted by Crippen LogP contribution is 2.32. The van der Waals surface area contributed by atoms with Crippen LogP contribution in [0.15, 0.2) is 35.7 Å². The van der Waals surface area contributed by atoms with Crippen LogP contribution >= 0.6 is 11.3 Å². The van der Waals surface area contributed by atoms with Crippen molar-refractivity contribution in [1.82, 2.24) is 0 Å². The Morgan fingerprint density at radius 3 is 2.58 bits per heavy atom. The Morgan fingerprint density at radius 2 is 2.00 bits per heavy atom. The third kappa shape index (κ3) is 5.68. The highest BCUT2D eigenvalue weighted by atomic mass is 32.1. The second-order valence-corrected chi connectivity index (χ2v) is 6.15. The van der Waals surface area contributed by atoms with Gasteiger partial charge in [-0.3, -0.25) is 5.32 Å². The van der Waals surface area contributed by atoms with Gasteiger partial charge in [0.15, 0.2) is 0 Å². The first kappa shape index (κ1) is 18.5. The molecule has 0 aliphatic heterocycles. The minimum atomic E-state index is -4.69. The molecule has 8 heteroatoms. The SMILES string of the molecule is NCCCCC(Oc1ccc(NC(F)(F)F)c(F)c1)c1cccs1. The third-order valence-electron chi connectivity index (χ3n) is 3.28. The molecule has 0 saturated carbocycles. The normalized spacial score (nSPS) is 12.9. The molecule has 0 bridgehead atoms. The lowest BCUT2D eigenvalue weighted by Gasteiger charge is -2.19. The van der Waals surface area contributed by atoms with Crippen LogP contribution in [0, 0.1) is 5.82 Å².